The summed E-state index contributed by atoms with van der Waals surface area (Å²) in [5.41, 5.74) is -0.212. The van der Waals surface area contributed by atoms with Gasteiger partial charge in [0.25, 0.3) is 0 Å². The number of ether oxygens (including phenoxy) is 1. The SMILES string of the molecule is CCNC(=NCc1ncccc1F)N1CC[C@@H](NC(=O)OC(C)(C)C)C1.I. The van der Waals surface area contributed by atoms with Crippen molar-refractivity contribution >= 4 is 36.0 Å². The molecular formula is C18H29FIN5O2. The van der Waals surface area contributed by atoms with Crippen LogP contribution in [0.15, 0.2) is 23.3 Å². The minimum Gasteiger partial charge on any atom is -0.444 e. The van der Waals surface area contributed by atoms with Gasteiger partial charge in [0.15, 0.2) is 5.96 Å². The lowest BCUT2D eigenvalue weighted by molar-refractivity contribution is 0.0507. The zero-order chi connectivity index (χ0) is 19.2. The zero-order valence-corrected chi connectivity index (χ0v) is 18.6. The average molecular weight is 493 g/mol. The van der Waals surface area contributed by atoms with E-state index in [1.54, 1.807) is 12.3 Å². The number of likely N-dealkylation sites (tertiary alicyclic amines) is 1. The Labute approximate surface area is 177 Å². The van der Waals surface area contributed by atoms with Crippen LogP contribution in [-0.4, -0.2) is 53.2 Å². The van der Waals surface area contributed by atoms with Gasteiger partial charge in [-0.05, 0) is 46.2 Å². The van der Waals surface area contributed by atoms with Gasteiger partial charge in [-0.1, -0.05) is 0 Å². The van der Waals surface area contributed by atoms with E-state index in [9.17, 15) is 9.18 Å². The van der Waals surface area contributed by atoms with Crippen LogP contribution in [0.5, 0.6) is 0 Å². The summed E-state index contributed by atoms with van der Waals surface area (Å²) >= 11 is 0. The summed E-state index contributed by atoms with van der Waals surface area (Å²) in [6.45, 7) is 9.71. The summed E-state index contributed by atoms with van der Waals surface area (Å²) in [7, 11) is 0. The molecule has 0 radical (unpaired) electrons. The van der Waals surface area contributed by atoms with Crippen LogP contribution in [0.4, 0.5) is 9.18 Å². The van der Waals surface area contributed by atoms with E-state index in [0.717, 1.165) is 13.0 Å². The fourth-order valence-corrected chi connectivity index (χ4v) is 2.65. The molecule has 9 heteroatoms. The number of aliphatic imine (C=N–C) groups is 1. The number of nitrogens with zero attached hydrogens (tertiary/aromatic N) is 3. The van der Waals surface area contributed by atoms with Crippen LogP contribution in [0.3, 0.4) is 0 Å². The van der Waals surface area contributed by atoms with Crippen LogP contribution < -0.4 is 10.6 Å². The van der Waals surface area contributed by atoms with E-state index in [0.29, 0.717) is 24.7 Å². The van der Waals surface area contributed by atoms with Gasteiger partial charge in [0, 0.05) is 25.8 Å². The number of nitrogens with one attached hydrogen (secondary N) is 2. The molecule has 2 rings (SSSR count). The topological polar surface area (TPSA) is 78.9 Å². The number of hydrogen-bond donors (Lipinski definition) is 2. The molecule has 1 aliphatic rings. The number of carbonyl (C=O) groups is 1. The maximum Gasteiger partial charge on any atom is 0.407 e. The van der Waals surface area contributed by atoms with E-state index in [1.807, 2.05) is 32.6 Å². The Morgan fingerprint density at radius 2 is 2.22 bits per heavy atom. The quantitative estimate of drug-likeness (QED) is 0.383. The number of aromatic nitrogens is 1. The summed E-state index contributed by atoms with van der Waals surface area (Å²) < 4.78 is 19.0. The third-order valence-corrected chi connectivity index (χ3v) is 3.76. The highest BCUT2D eigenvalue weighted by Gasteiger charge is 2.27. The third kappa shape index (κ3) is 7.86. The summed E-state index contributed by atoms with van der Waals surface area (Å²) in [6, 6.07) is 2.92. The molecule has 2 N–H and O–H groups in total. The van der Waals surface area contributed by atoms with Gasteiger partial charge in [-0.3, -0.25) is 4.98 Å². The molecule has 0 saturated carbocycles. The van der Waals surface area contributed by atoms with Crippen LogP contribution in [0, 0.1) is 5.82 Å². The second-order valence-electron chi connectivity index (χ2n) is 7.18. The maximum atomic E-state index is 13.7. The van der Waals surface area contributed by atoms with Crippen molar-refractivity contribution in [1.82, 2.24) is 20.5 Å². The molecule has 152 valence electrons. The van der Waals surface area contributed by atoms with Gasteiger partial charge in [0.05, 0.1) is 18.3 Å². The molecule has 0 bridgehead atoms. The van der Waals surface area contributed by atoms with Crippen molar-refractivity contribution in [3.05, 3.63) is 29.8 Å². The highest BCUT2D eigenvalue weighted by Crippen LogP contribution is 2.13. The van der Waals surface area contributed by atoms with Gasteiger partial charge < -0.3 is 20.3 Å². The molecule has 27 heavy (non-hydrogen) atoms. The Balaban J connectivity index is 0.00000364. The van der Waals surface area contributed by atoms with Crippen molar-refractivity contribution < 1.29 is 13.9 Å². The smallest absolute Gasteiger partial charge is 0.407 e. The lowest BCUT2D eigenvalue weighted by Gasteiger charge is -2.23. The van der Waals surface area contributed by atoms with Gasteiger partial charge in [-0.15, -0.1) is 24.0 Å². The molecule has 1 saturated heterocycles. The van der Waals surface area contributed by atoms with Crippen LogP contribution in [-0.2, 0) is 11.3 Å². The molecule has 1 aliphatic heterocycles. The average Bonchev–Trinajstić information content (AvgIpc) is 2.99. The minimum atomic E-state index is -0.522. The second kappa shape index (κ2) is 10.6. The second-order valence-corrected chi connectivity index (χ2v) is 7.18. The number of guanidine groups is 1. The van der Waals surface area contributed by atoms with Crippen molar-refractivity contribution in [3.63, 3.8) is 0 Å². The number of pyridine rings is 1. The molecule has 7 nitrogen and oxygen atoms in total. The predicted octanol–water partition coefficient (Wildman–Crippen LogP) is 2.90. The van der Waals surface area contributed by atoms with Crippen molar-refractivity contribution in [1.29, 1.82) is 0 Å². The van der Waals surface area contributed by atoms with Crippen molar-refractivity contribution in [2.75, 3.05) is 19.6 Å². The third-order valence-electron chi connectivity index (χ3n) is 3.76. The number of alkyl carbamates (subject to hydrolysis) is 1. The van der Waals surface area contributed by atoms with E-state index in [-0.39, 0.29) is 42.4 Å². The predicted molar refractivity (Wildman–Crippen MR) is 114 cm³/mol. The van der Waals surface area contributed by atoms with Gasteiger partial charge in [0.2, 0.25) is 0 Å². The molecule has 1 atom stereocenters. The largest absolute Gasteiger partial charge is 0.444 e. The number of hydrogen-bond acceptors (Lipinski definition) is 4. The van der Waals surface area contributed by atoms with Gasteiger partial charge in [0.1, 0.15) is 11.4 Å². The molecule has 0 aliphatic carbocycles. The summed E-state index contributed by atoms with van der Waals surface area (Å²) in [4.78, 5) is 22.5. The molecule has 1 aromatic heterocycles. The molecule has 0 unspecified atom stereocenters. The molecular weight excluding hydrogens is 464 g/mol. The van der Waals surface area contributed by atoms with Crippen LogP contribution in [0.2, 0.25) is 0 Å². The summed E-state index contributed by atoms with van der Waals surface area (Å²) in [5.74, 6) is 0.323. The zero-order valence-electron chi connectivity index (χ0n) is 16.3. The standard InChI is InChI=1S/C18H28FN5O2.HI/c1-5-20-16(22-11-15-14(19)7-6-9-21-15)24-10-8-13(12-24)23-17(25)26-18(2,3)4;/h6-7,9,13H,5,8,10-12H2,1-4H3,(H,20,22)(H,23,25);1H/t13-;/m1./s1. The molecule has 2 heterocycles. The number of amides is 1. The fraction of sp³-hybridized carbons (Fsp3) is 0.611. The highest BCUT2D eigenvalue weighted by molar-refractivity contribution is 14.0. The Morgan fingerprint density at radius 1 is 1.48 bits per heavy atom. The van der Waals surface area contributed by atoms with Gasteiger partial charge in [-0.25, -0.2) is 14.2 Å². The molecule has 1 aromatic rings. The van der Waals surface area contributed by atoms with Crippen molar-refractivity contribution in [2.45, 2.75) is 52.3 Å². The number of carbonyl (C=O) groups excluding carboxylic acids is 1. The molecule has 1 fully saturated rings. The van der Waals surface area contributed by atoms with E-state index < -0.39 is 11.7 Å². The van der Waals surface area contributed by atoms with Crippen LogP contribution in [0.25, 0.3) is 0 Å². The number of halogens is 2. The van der Waals surface area contributed by atoms with Crippen LogP contribution in [0.1, 0.15) is 39.8 Å². The number of rotatable bonds is 4. The Kier molecular flexibility index (Phi) is 9.20. The van der Waals surface area contributed by atoms with E-state index in [4.69, 9.17) is 4.74 Å². The monoisotopic (exact) mass is 493 g/mol. The molecule has 0 spiro atoms. The first kappa shape index (κ1) is 23.4. The molecule has 1 amide bonds. The first-order valence-electron chi connectivity index (χ1n) is 8.90. The Hall–Kier alpha value is -1.65. The van der Waals surface area contributed by atoms with Gasteiger partial charge >= 0.3 is 6.09 Å². The highest BCUT2D eigenvalue weighted by atomic mass is 127. The first-order valence-corrected chi connectivity index (χ1v) is 8.90. The van der Waals surface area contributed by atoms with E-state index >= 15 is 0 Å². The molecule has 0 aromatic carbocycles. The van der Waals surface area contributed by atoms with E-state index in [1.165, 1.54) is 6.07 Å². The van der Waals surface area contributed by atoms with Gasteiger partial charge in [-0.2, -0.15) is 0 Å². The normalized spacial score (nSPS) is 17.3. The lowest BCUT2D eigenvalue weighted by atomic mass is 10.2. The minimum absolute atomic E-state index is 0. The Morgan fingerprint density at radius 3 is 2.85 bits per heavy atom. The van der Waals surface area contributed by atoms with E-state index in [2.05, 4.69) is 20.6 Å². The summed E-state index contributed by atoms with van der Waals surface area (Å²) in [6.07, 6.45) is 1.93. The van der Waals surface area contributed by atoms with Crippen molar-refractivity contribution in [3.8, 4) is 0 Å². The van der Waals surface area contributed by atoms with Crippen molar-refractivity contribution in [2.24, 2.45) is 4.99 Å². The lowest BCUT2D eigenvalue weighted by Crippen LogP contribution is -2.44. The van der Waals surface area contributed by atoms with Crippen LogP contribution >= 0.6 is 24.0 Å². The summed E-state index contributed by atoms with van der Waals surface area (Å²) in [5, 5.41) is 6.10. The first-order chi connectivity index (χ1) is 12.3. The maximum absolute atomic E-state index is 13.7. The fourth-order valence-electron chi connectivity index (χ4n) is 2.65. The Bertz CT molecular complexity index is 651.